The molecule has 1 aromatic rings. The van der Waals surface area contributed by atoms with Gasteiger partial charge in [0.15, 0.2) is 0 Å². The van der Waals surface area contributed by atoms with Crippen LogP contribution in [0.5, 0.6) is 5.75 Å². The molecule has 1 aromatic carbocycles. The van der Waals surface area contributed by atoms with Gasteiger partial charge in [-0.15, -0.1) is 0 Å². The lowest BCUT2D eigenvalue weighted by Gasteiger charge is -2.15. The van der Waals surface area contributed by atoms with Crippen molar-refractivity contribution >= 4 is 0 Å². The van der Waals surface area contributed by atoms with Crippen LogP contribution in [0, 0.1) is 0 Å². The van der Waals surface area contributed by atoms with Gasteiger partial charge in [0.2, 0.25) is 0 Å². The molecule has 0 aliphatic carbocycles. The van der Waals surface area contributed by atoms with Crippen LogP contribution in [0.4, 0.5) is 0 Å². The van der Waals surface area contributed by atoms with E-state index < -0.39 is 0 Å². The molecule has 0 saturated carbocycles. The third-order valence-electron chi connectivity index (χ3n) is 2.97. The Bertz CT molecular complexity index is 329. The van der Waals surface area contributed by atoms with E-state index in [1.54, 1.807) is 0 Å². The fraction of sp³-hybridized carbons (Fsp3) is 0.571. The van der Waals surface area contributed by atoms with E-state index in [0.29, 0.717) is 0 Å². The molecule has 3 heteroatoms. The lowest BCUT2D eigenvalue weighted by molar-refractivity contribution is 0.0740. The summed E-state index contributed by atoms with van der Waals surface area (Å²) >= 11 is 0. The number of para-hydroxylation sites is 1. The van der Waals surface area contributed by atoms with E-state index in [2.05, 4.69) is 24.4 Å². The fourth-order valence-corrected chi connectivity index (χ4v) is 2.16. The number of rotatable bonds is 6. The average molecular weight is 235 g/mol. The second kappa shape index (κ2) is 6.03. The van der Waals surface area contributed by atoms with E-state index in [9.17, 15) is 0 Å². The molecule has 17 heavy (non-hydrogen) atoms. The summed E-state index contributed by atoms with van der Waals surface area (Å²) in [5.74, 6) is 1.04. The molecule has 94 valence electrons. The highest BCUT2D eigenvalue weighted by Gasteiger charge is 2.21. The van der Waals surface area contributed by atoms with Gasteiger partial charge < -0.3 is 14.8 Å². The number of hydrogen-bond acceptors (Lipinski definition) is 3. The Labute approximate surface area is 103 Å². The van der Waals surface area contributed by atoms with Gasteiger partial charge >= 0.3 is 0 Å². The molecule has 1 N–H and O–H groups in total. The van der Waals surface area contributed by atoms with Crippen LogP contribution < -0.4 is 10.1 Å². The van der Waals surface area contributed by atoms with Crippen molar-refractivity contribution in [1.29, 1.82) is 0 Å². The molecule has 3 nitrogen and oxygen atoms in total. The molecule has 0 aromatic heterocycles. The maximum absolute atomic E-state index is 5.85. The Morgan fingerprint density at radius 2 is 2.29 bits per heavy atom. The van der Waals surface area contributed by atoms with E-state index in [-0.39, 0.29) is 12.2 Å². The first-order chi connectivity index (χ1) is 8.29. The van der Waals surface area contributed by atoms with Crippen LogP contribution in [0.3, 0.4) is 0 Å². The summed E-state index contributed by atoms with van der Waals surface area (Å²) in [6, 6.07) is 8.26. The van der Waals surface area contributed by atoms with Crippen LogP contribution in [-0.4, -0.2) is 31.9 Å². The van der Waals surface area contributed by atoms with Crippen LogP contribution in [-0.2, 0) is 11.2 Å². The molecule has 1 heterocycles. The van der Waals surface area contributed by atoms with Gasteiger partial charge in [0.05, 0.1) is 6.10 Å². The zero-order valence-electron chi connectivity index (χ0n) is 10.6. The largest absolute Gasteiger partial charge is 0.488 e. The lowest BCUT2D eigenvalue weighted by Crippen LogP contribution is -2.35. The van der Waals surface area contributed by atoms with Crippen molar-refractivity contribution in [2.45, 2.75) is 32.5 Å². The van der Waals surface area contributed by atoms with Crippen LogP contribution in [0.15, 0.2) is 24.3 Å². The predicted octanol–water partition coefficient (Wildman–Crippen LogP) is 2.00. The SMILES string of the molecule is CCOC(C)CNCC1Cc2ccccc2O1. The maximum Gasteiger partial charge on any atom is 0.123 e. The van der Waals surface area contributed by atoms with Gasteiger partial charge in [-0.05, 0) is 25.5 Å². The molecular weight excluding hydrogens is 214 g/mol. The second-order valence-electron chi connectivity index (χ2n) is 4.48. The average Bonchev–Trinajstić information content (AvgIpc) is 2.71. The first kappa shape index (κ1) is 12.4. The van der Waals surface area contributed by atoms with E-state index in [4.69, 9.17) is 9.47 Å². The van der Waals surface area contributed by atoms with Gasteiger partial charge in [0, 0.05) is 26.1 Å². The van der Waals surface area contributed by atoms with Crippen molar-refractivity contribution in [3.8, 4) is 5.75 Å². The minimum absolute atomic E-state index is 0.265. The second-order valence-corrected chi connectivity index (χ2v) is 4.48. The smallest absolute Gasteiger partial charge is 0.123 e. The van der Waals surface area contributed by atoms with E-state index in [1.165, 1.54) is 5.56 Å². The molecule has 1 aliphatic heterocycles. The third kappa shape index (κ3) is 3.45. The molecule has 1 aliphatic rings. The highest BCUT2D eigenvalue weighted by molar-refractivity contribution is 5.37. The zero-order chi connectivity index (χ0) is 12.1. The number of nitrogens with one attached hydrogen (secondary N) is 1. The van der Waals surface area contributed by atoms with Crippen molar-refractivity contribution in [2.75, 3.05) is 19.7 Å². The van der Waals surface area contributed by atoms with Crippen molar-refractivity contribution in [3.63, 3.8) is 0 Å². The minimum Gasteiger partial charge on any atom is -0.488 e. The van der Waals surface area contributed by atoms with Gasteiger partial charge in [-0.1, -0.05) is 18.2 Å². The number of benzene rings is 1. The first-order valence-corrected chi connectivity index (χ1v) is 6.36. The Morgan fingerprint density at radius 1 is 1.47 bits per heavy atom. The fourth-order valence-electron chi connectivity index (χ4n) is 2.16. The first-order valence-electron chi connectivity index (χ1n) is 6.36. The molecule has 0 radical (unpaired) electrons. The standard InChI is InChI=1S/C14H21NO2/c1-3-16-11(2)9-15-10-13-8-12-6-4-5-7-14(12)17-13/h4-7,11,13,15H,3,8-10H2,1-2H3. The molecular formula is C14H21NO2. The summed E-state index contributed by atoms with van der Waals surface area (Å²) in [7, 11) is 0. The maximum atomic E-state index is 5.85. The molecule has 0 spiro atoms. The molecule has 0 fully saturated rings. The monoisotopic (exact) mass is 235 g/mol. The van der Waals surface area contributed by atoms with Crippen molar-refractivity contribution in [3.05, 3.63) is 29.8 Å². The highest BCUT2D eigenvalue weighted by atomic mass is 16.5. The van der Waals surface area contributed by atoms with Gasteiger partial charge in [-0.25, -0.2) is 0 Å². The Balaban J connectivity index is 1.70. The Kier molecular flexibility index (Phi) is 4.40. The van der Waals surface area contributed by atoms with Crippen molar-refractivity contribution in [1.82, 2.24) is 5.32 Å². The summed E-state index contributed by atoms with van der Waals surface area (Å²) in [5.41, 5.74) is 1.32. The lowest BCUT2D eigenvalue weighted by atomic mass is 10.1. The van der Waals surface area contributed by atoms with Gasteiger partial charge in [0.1, 0.15) is 11.9 Å². The highest BCUT2D eigenvalue weighted by Crippen LogP contribution is 2.27. The topological polar surface area (TPSA) is 30.5 Å². The summed E-state index contributed by atoms with van der Waals surface area (Å²) < 4.78 is 11.3. The molecule has 2 rings (SSSR count). The summed E-state index contributed by atoms with van der Waals surface area (Å²) in [6.45, 7) is 6.64. The summed E-state index contributed by atoms with van der Waals surface area (Å²) in [5, 5.41) is 3.40. The van der Waals surface area contributed by atoms with Crippen LogP contribution >= 0.6 is 0 Å². The van der Waals surface area contributed by atoms with E-state index >= 15 is 0 Å². The molecule has 0 saturated heterocycles. The molecule has 0 bridgehead atoms. The zero-order valence-corrected chi connectivity index (χ0v) is 10.6. The Hall–Kier alpha value is -1.06. The molecule has 0 amide bonds. The van der Waals surface area contributed by atoms with Crippen molar-refractivity contribution in [2.24, 2.45) is 0 Å². The van der Waals surface area contributed by atoms with E-state index in [1.807, 2.05) is 19.1 Å². The summed E-state index contributed by atoms with van der Waals surface area (Å²) in [4.78, 5) is 0. The van der Waals surface area contributed by atoms with Gasteiger partial charge in [0.25, 0.3) is 0 Å². The molecule has 2 unspecified atom stereocenters. The van der Waals surface area contributed by atoms with Gasteiger partial charge in [-0.2, -0.15) is 0 Å². The van der Waals surface area contributed by atoms with Crippen molar-refractivity contribution < 1.29 is 9.47 Å². The minimum atomic E-state index is 0.265. The van der Waals surface area contributed by atoms with Crippen LogP contribution in [0.2, 0.25) is 0 Å². The van der Waals surface area contributed by atoms with Crippen LogP contribution in [0.1, 0.15) is 19.4 Å². The summed E-state index contributed by atoms with van der Waals surface area (Å²) in [6.07, 6.45) is 1.54. The van der Waals surface area contributed by atoms with E-state index in [0.717, 1.165) is 31.9 Å². The molecule has 2 atom stereocenters. The van der Waals surface area contributed by atoms with Gasteiger partial charge in [-0.3, -0.25) is 0 Å². The Morgan fingerprint density at radius 3 is 3.06 bits per heavy atom. The predicted molar refractivity (Wildman–Crippen MR) is 68.5 cm³/mol. The normalized spacial score (nSPS) is 19.8. The quantitative estimate of drug-likeness (QED) is 0.818. The number of ether oxygens (including phenoxy) is 2. The third-order valence-corrected chi connectivity index (χ3v) is 2.97. The van der Waals surface area contributed by atoms with Crippen LogP contribution in [0.25, 0.3) is 0 Å². The number of hydrogen-bond donors (Lipinski definition) is 1. The number of fused-ring (bicyclic) bond motifs is 1.